The van der Waals surface area contributed by atoms with E-state index in [2.05, 4.69) is 4.74 Å². The number of aliphatic carboxylic acids is 1. The fraction of sp³-hybridized carbons (Fsp3) is 0.385. The molecule has 0 aromatic heterocycles. The molecule has 1 aromatic rings. The normalized spacial score (nSPS) is 12.2. The van der Waals surface area contributed by atoms with Gasteiger partial charge in [0, 0.05) is 7.05 Å². The molecule has 1 rings (SSSR count). The number of carbonyl (C=O) groups is 2. The quantitative estimate of drug-likeness (QED) is 0.812. The van der Waals surface area contributed by atoms with Crippen LogP contribution in [0.1, 0.15) is 24.2 Å². The summed E-state index contributed by atoms with van der Waals surface area (Å²) in [7, 11) is -1.89. The number of sulfonamides is 1. The maximum atomic E-state index is 12.6. The summed E-state index contributed by atoms with van der Waals surface area (Å²) in [4.78, 5) is 22.6. The van der Waals surface area contributed by atoms with Crippen molar-refractivity contribution in [3.05, 3.63) is 29.8 Å². The Balaban J connectivity index is 3.46. The molecule has 0 aliphatic carbocycles. The molecule has 0 unspecified atom stereocenters. The zero-order valence-electron chi connectivity index (χ0n) is 12.2. The predicted molar refractivity (Wildman–Crippen MR) is 74.4 cm³/mol. The number of esters is 1. The average Bonchev–Trinajstić information content (AvgIpc) is 2.45. The molecule has 21 heavy (non-hydrogen) atoms. The van der Waals surface area contributed by atoms with Gasteiger partial charge in [0.1, 0.15) is 5.54 Å². The van der Waals surface area contributed by atoms with Crippen molar-refractivity contribution < 1.29 is 27.9 Å². The number of ether oxygens (including phenoxy) is 1. The second kappa shape index (κ2) is 5.82. The van der Waals surface area contributed by atoms with Crippen LogP contribution in [0.25, 0.3) is 0 Å². The molecule has 0 radical (unpaired) electrons. The van der Waals surface area contributed by atoms with E-state index in [4.69, 9.17) is 5.11 Å². The second-order valence-electron chi connectivity index (χ2n) is 4.82. The first-order valence-corrected chi connectivity index (χ1v) is 7.40. The van der Waals surface area contributed by atoms with Crippen LogP contribution in [-0.4, -0.2) is 49.5 Å². The lowest BCUT2D eigenvalue weighted by atomic mass is 10.1. The highest BCUT2D eigenvalue weighted by Gasteiger charge is 2.41. The Morgan fingerprint density at radius 1 is 1.24 bits per heavy atom. The van der Waals surface area contributed by atoms with Gasteiger partial charge in [0.2, 0.25) is 10.0 Å². The van der Waals surface area contributed by atoms with Crippen LogP contribution >= 0.6 is 0 Å². The van der Waals surface area contributed by atoms with E-state index in [0.717, 1.165) is 14.2 Å². The largest absolute Gasteiger partial charge is 0.480 e. The van der Waals surface area contributed by atoms with Gasteiger partial charge in [-0.3, -0.25) is 4.79 Å². The molecule has 0 aliphatic rings. The van der Waals surface area contributed by atoms with E-state index in [-0.39, 0.29) is 10.5 Å². The number of benzene rings is 1. The molecule has 1 N–H and O–H groups in total. The van der Waals surface area contributed by atoms with Gasteiger partial charge in [0.25, 0.3) is 0 Å². The minimum atomic E-state index is -4.18. The number of hydrogen-bond donors (Lipinski definition) is 1. The number of carbonyl (C=O) groups excluding carboxylic acids is 1. The minimum absolute atomic E-state index is 0.145. The van der Waals surface area contributed by atoms with Gasteiger partial charge in [-0.15, -0.1) is 0 Å². The zero-order chi connectivity index (χ0) is 16.4. The summed E-state index contributed by atoms with van der Waals surface area (Å²) in [5.74, 6) is -2.11. The van der Waals surface area contributed by atoms with Gasteiger partial charge in [-0.2, -0.15) is 4.31 Å². The summed E-state index contributed by atoms with van der Waals surface area (Å²) in [6.45, 7) is 2.52. The molecular weight excluding hydrogens is 298 g/mol. The van der Waals surface area contributed by atoms with E-state index in [1.165, 1.54) is 38.1 Å². The van der Waals surface area contributed by atoms with E-state index in [1.54, 1.807) is 0 Å². The Hall–Kier alpha value is -1.93. The summed E-state index contributed by atoms with van der Waals surface area (Å²) in [6, 6.07) is 5.48. The Morgan fingerprint density at radius 2 is 1.76 bits per heavy atom. The van der Waals surface area contributed by atoms with Gasteiger partial charge in [-0.25, -0.2) is 13.2 Å². The Kier molecular flexibility index (Phi) is 4.75. The summed E-state index contributed by atoms with van der Waals surface area (Å²) >= 11 is 0. The first-order chi connectivity index (χ1) is 9.56. The highest BCUT2D eigenvalue weighted by atomic mass is 32.2. The molecule has 0 bridgehead atoms. The monoisotopic (exact) mass is 315 g/mol. The molecule has 8 heteroatoms. The summed E-state index contributed by atoms with van der Waals surface area (Å²) in [5.41, 5.74) is -1.81. The molecular formula is C13H17NO6S. The second-order valence-corrected chi connectivity index (χ2v) is 6.76. The van der Waals surface area contributed by atoms with Gasteiger partial charge in [0.05, 0.1) is 17.6 Å². The van der Waals surface area contributed by atoms with Crippen molar-refractivity contribution in [2.24, 2.45) is 0 Å². The fourth-order valence-electron chi connectivity index (χ4n) is 1.55. The maximum absolute atomic E-state index is 12.6. The highest BCUT2D eigenvalue weighted by Crippen LogP contribution is 2.26. The predicted octanol–water partition coefficient (Wildman–Crippen LogP) is 0.957. The lowest BCUT2D eigenvalue weighted by Crippen LogP contribution is -2.50. The lowest BCUT2D eigenvalue weighted by Gasteiger charge is -2.30. The summed E-state index contributed by atoms with van der Waals surface area (Å²) in [6.07, 6.45) is 0. The van der Waals surface area contributed by atoms with Crippen LogP contribution in [0.4, 0.5) is 0 Å². The van der Waals surface area contributed by atoms with Crippen molar-refractivity contribution in [1.29, 1.82) is 0 Å². The Labute approximate surface area is 123 Å². The number of carboxylic acid groups (broad SMARTS) is 1. The van der Waals surface area contributed by atoms with Gasteiger partial charge in [-0.05, 0) is 26.0 Å². The number of hydrogen-bond acceptors (Lipinski definition) is 5. The van der Waals surface area contributed by atoms with Crippen LogP contribution in [0.2, 0.25) is 0 Å². The van der Waals surface area contributed by atoms with Crippen molar-refractivity contribution in [2.45, 2.75) is 24.3 Å². The van der Waals surface area contributed by atoms with E-state index >= 15 is 0 Å². The first kappa shape index (κ1) is 17.1. The van der Waals surface area contributed by atoms with E-state index in [1.807, 2.05) is 0 Å². The topological polar surface area (TPSA) is 101 Å². The number of rotatable bonds is 5. The molecule has 0 spiro atoms. The summed E-state index contributed by atoms with van der Waals surface area (Å²) < 4.78 is 30.4. The number of carboxylic acids is 1. The van der Waals surface area contributed by atoms with Crippen molar-refractivity contribution in [1.82, 2.24) is 4.31 Å². The van der Waals surface area contributed by atoms with Crippen LogP contribution in [0, 0.1) is 0 Å². The van der Waals surface area contributed by atoms with E-state index < -0.39 is 27.5 Å². The third-order valence-corrected chi connectivity index (χ3v) is 5.33. The first-order valence-electron chi connectivity index (χ1n) is 5.96. The molecule has 0 saturated carbocycles. The third kappa shape index (κ3) is 3.06. The van der Waals surface area contributed by atoms with Crippen LogP contribution in [-0.2, 0) is 19.6 Å². The Morgan fingerprint density at radius 3 is 2.24 bits per heavy atom. The fourth-order valence-corrected chi connectivity index (χ4v) is 3.21. The minimum Gasteiger partial charge on any atom is -0.480 e. The van der Waals surface area contributed by atoms with E-state index in [0.29, 0.717) is 4.31 Å². The molecule has 0 amide bonds. The van der Waals surface area contributed by atoms with Crippen molar-refractivity contribution >= 4 is 22.0 Å². The lowest BCUT2D eigenvalue weighted by molar-refractivity contribution is -0.145. The maximum Gasteiger partial charge on any atom is 0.339 e. The molecule has 0 fully saturated rings. The van der Waals surface area contributed by atoms with Crippen LogP contribution in [0.3, 0.4) is 0 Å². The van der Waals surface area contributed by atoms with Gasteiger partial charge in [0.15, 0.2) is 0 Å². The molecule has 0 heterocycles. The number of methoxy groups -OCH3 is 1. The smallest absolute Gasteiger partial charge is 0.339 e. The molecule has 7 nitrogen and oxygen atoms in total. The molecule has 0 saturated heterocycles. The zero-order valence-corrected chi connectivity index (χ0v) is 13.0. The molecule has 0 aliphatic heterocycles. The summed E-state index contributed by atoms with van der Waals surface area (Å²) in [5, 5.41) is 9.15. The Bertz CT molecular complexity index is 665. The SMILES string of the molecule is COC(=O)c1ccccc1S(=O)(=O)N(C)C(C)(C)C(=O)O. The standard InChI is InChI=1S/C13H17NO6S/c1-13(2,12(16)17)14(3)21(18,19)10-8-6-5-7-9(10)11(15)20-4/h5-8H,1-4H3,(H,16,17). The van der Waals surface area contributed by atoms with Gasteiger partial charge < -0.3 is 9.84 Å². The van der Waals surface area contributed by atoms with Crippen LogP contribution in [0.15, 0.2) is 29.2 Å². The van der Waals surface area contributed by atoms with Crippen molar-refractivity contribution in [3.63, 3.8) is 0 Å². The van der Waals surface area contributed by atoms with E-state index in [9.17, 15) is 18.0 Å². The average molecular weight is 315 g/mol. The third-order valence-electron chi connectivity index (χ3n) is 3.24. The molecule has 1 aromatic carbocycles. The van der Waals surface area contributed by atoms with Gasteiger partial charge >= 0.3 is 11.9 Å². The number of nitrogens with zero attached hydrogens (tertiary/aromatic N) is 1. The van der Waals surface area contributed by atoms with Crippen molar-refractivity contribution in [2.75, 3.05) is 14.2 Å². The molecule has 0 atom stereocenters. The van der Waals surface area contributed by atoms with Gasteiger partial charge in [-0.1, -0.05) is 12.1 Å². The number of likely N-dealkylation sites (N-methyl/N-ethyl adjacent to an activating group) is 1. The van der Waals surface area contributed by atoms with Crippen molar-refractivity contribution in [3.8, 4) is 0 Å². The van der Waals surface area contributed by atoms with Crippen LogP contribution < -0.4 is 0 Å². The van der Waals surface area contributed by atoms with Crippen LogP contribution in [0.5, 0.6) is 0 Å². The molecule has 116 valence electrons. The highest BCUT2D eigenvalue weighted by molar-refractivity contribution is 7.89.